The fourth-order valence-corrected chi connectivity index (χ4v) is 2.08. The number of halogens is 1. The zero-order chi connectivity index (χ0) is 14.3. The highest BCUT2D eigenvalue weighted by Gasteiger charge is 2.12. The van der Waals surface area contributed by atoms with Gasteiger partial charge in [-0.15, -0.1) is 0 Å². The van der Waals surface area contributed by atoms with Crippen LogP contribution in [0.3, 0.4) is 0 Å². The van der Waals surface area contributed by atoms with Crippen molar-refractivity contribution in [1.29, 1.82) is 0 Å². The topological polar surface area (TPSA) is 35.0 Å². The first-order valence-electron chi connectivity index (χ1n) is 7.28. The first-order chi connectivity index (χ1) is 9.12. The number of ether oxygens (including phenoxy) is 1. The molecule has 0 aromatic carbocycles. The Balaban J connectivity index is 2.67. The number of aryl methyl sites for hydroxylation is 1. The highest BCUT2D eigenvalue weighted by atomic mass is 35.5. The van der Waals surface area contributed by atoms with E-state index in [1.54, 1.807) is 0 Å². The van der Waals surface area contributed by atoms with Crippen LogP contribution in [0, 0.1) is 12.8 Å². The van der Waals surface area contributed by atoms with Crippen molar-refractivity contribution in [3.63, 3.8) is 0 Å². The van der Waals surface area contributed by atoms with Crippen LogP contribution in [0.25, 0.3) is 0 Å². The van der Waals surface area contributed by atoms with Crippen LogP contribution in [-0.2, 0) is 6.42 Å². The Morgan fingerprint density at radius 1 is 1.21 bits per heavy atom. The lowest BCUT2D eigenvalue weighted by Gasteiger charge is -2.16. The molecule has 0 bridgehead atoms. The summed E-state index contributed by atoms with van der Waals surface area (Å²) in [4.78, 5) is 8.64. The minimum Gasteiger partial charge on any atom is -0.477 e. The Hall–Kier alpha value is -0.830. The Labute approximate surface area is 121 Å². The number of unbranched alkanes of at least 4 members (excludes halogenated alkanes) is 1. The summed E-state index contributed by atoms with van der Waals surface area (Å²) in [5.74, 6) is 1.98. The first kappa shape index (κ1) is 16.2. The molecule has 0 radical (unpaired) electrons. The number of hydrogen-bond donors (Lipinski definition) is 0. The molecule has 1 unspecified atom stereocenters. The molecular formula is C15H25ClN2O. The summed E-state index contributed by atoms with van der Waals surface area (Å²) in [6.07, 6.45) is 5.60. The molecule has 0 saturated carbocycles. The van der Waals surface area contributed by atoms with E-state index in [2.05, 4.69) is 23.8 Å². The second-order valence-electron chi connectivity index (χ2n) is 4.94. The number of hydrogen-bond acceptors (Lipinski definition) is 3. The van der Waals surface area contributed by atoms with Crippen LogP contribution in [-0.4, -0.2) is 16.6 Å². The summed E-state index contributed by atoms with van der Waals surface area (Å²) < 4.78 is 5.87. The maximum absolute atomic E-state index is 6.10. The molecule has 0 fully saturated rings. The van der Waals surface area contributed by atoms with E-state index in [-0.39, 0.29) is 0 Å². The third kappa shape index (κ3) is 4.98. The van der Waals surface area contributed by atoms with Gasteiger partial charge in [0.25, 0.3) is 0 Å². The fourth-order valence-electron chi connectivity index (χ4n) is 1.91. The maximum Gasteiger partial charge on any atom is 0.221 e. The standard InChI is InChI=1S/C15H25ClN2O/c1-5-8-9-12(6-2)10-19-15-11(4)14(16)17-13(7-3)18-15/h12H,5-10H2,1-4H3. The van der Waals surface area contributed by atoms with Crippen LogP contribution in [0.2, 0.25) is 5.15 Å². The second kappa shape index (κ2) is 8.36. The van der Waals surface area contributed by atoms with E-state index in [4.69, 9.17) is 16.3 Å². The lowest BCUT2D eigenvalue weighted by molar-refractivity contribution is 0.223. The zero-order valence-corrected chi connectivity index (χ0v) is 13.3. The molecule has 0 amide bonds. The van der Waals surface area contributed by atoms with Gasteiger partial charge in [0.05, 0.1) is 6.61 Å². The quantitative estimate of drug-likeness (QED) is 0.655. The minimum absolute atomic E-state index is 0.503. The highest BCUT2D eigenvalue weighted by Crippen LogP contribution is 2.23. The second-order valence-corrected chi connectivity index (χ2v) is 5.30. The molecule has 108 valence electrons. The van der Waals surface area contributed by atoms with Crippen LogP contribution in [0.4, 0.5) is 0 Å². The summed E-state index contributed by atoms with van der Waals surface area (Å²) in [7, 11) is 0. The van der Waals surface area contributed by atoms with Gasteiger partial charge in [-0.25, -0.2) is 4.98 Å². The number of aromatic nitrogens is 2. The molecule has 3 nitrogen and oxygen atoms in total. The SMILES string of the molecule is CCCCC(CC)COc1nc(CC)nc(Cl)c1C. The average molecular weight is 285 g/mol. The molecule has 1 aromatic rings. The smallest absolute Gasteiger partial charge is 0.221 e. The van der Waals surface area contributed by atoms with Gasteiger partial charge in [0, 0.05) is 12.0 Å². The van der Waals surface area contributed by atoms with Gasteiger partial charge in [-0.3, -0.25) is 0 Å². The van der Waals surface area contributed by atoms with Crippen molar-refractivity contribution in [2.45, 2.75) is 59.8 Å². The lowest BCUT2D eigenvalue weighted by Crippen LogP contribution is -2.13. The highest BCUT2D eigenvalue weighted by molar-refractivity contribution is 6.30. The summed E-state index contributed by atoms with van der Waals surface area (Å²) >= 11 is 6.10. The van der Waals surface area contributed by atoms with E-state index < -0.39 is 0 Å². The first-order valence-corrected chi connectivity index (χ1v) is 7.65. The van der Waals surface area contributed by atoms with Gasteiger partial charge in [-0.2, -0.15) is 4.98 Å². The molecule has 0 aliphatic carbocycles. The van der Waals surface area contributed by atoms with Gasteiger partial charge in [0.1, 0.15) is 11.0 Å². The minimum atomic E-state index is 0.503. The Bertz CT molecular complexity index is 396. The number of nitrogens with zero attached hydrogens (tertiary/aromatic N) is 2. The Morgan fingerprint density at radius 3 is 2.53 bits per heavy atom. The average Bonchev–Trinajstić information content (AvgIpc) is 2.43. The van der Waals surface area contributed by atoms with Crippen molar-refractivity contribution in [2.75, 3.05) is 6.61 Å². The lowest BCUT2D eigenvalue weighted by atomic mass is 10.0. The van der Waals surface area contributed by atoms with E-state index in [0.29, 0.717) is 23.6 Å². The molecule has 1 atom stereocenters. The molecular weight excluding hydrogens is 260 g/mol. The molecule has 0 spiro atoms. The molecule has 4 heteroatoms. The molecule has 0 aliphatic heterocycles. The summed E-state index contributed by atoms with van der Waals surface area (Å²) in [6, 6.07) is 0. The molecule has 0 N–H and O–H groups in total. The van der Waals surface area contributed by atoms with Crippen molar-refractivity contribution in [1.82, 2.24) is 9.97 Å². The maximum atomic E-state index is 6.10. The fraction of sp³-hybridized carbons (Fsp3) is 0.733. The largest absolute Gasteiger partial charge is 0.477 e. The van der Waals surface area contributed by atoms with Gasteiger partial charge in [-0.05, 0) is 19.3 Å². The van der Waals surface area contributed by atoms with Gasteiger partial charge in [0.15, 0.2) is 0 Å². The van der Waals surface area contributed by atoms with Crippen molar-refractivity contribution in [2.24, 2.45) is 5.92 Å². The van der Waals surface area contributed by atoms with Crippen molar-refractivity contribution in [3.8, 4) is 5.88 Å². The van der Waals surface area contributed by atoms with Crippen LogP contribution in [0.5, 0.6) is 5.88 Å². The van der Waals surface area contributed by atoms with Crippen LogP contribution in [0.1, 0.15) is 57.8 Å². The van der Waals surface area contributed by atoms with Gasteiger partial charge in [-0.1, -0.05) is 51.6 Å². The normalized spacial score (nSPS) is 12.5. The van der Waals surface area contributed by atoms with Crippen LogP contribution < -0.4 is 4.74 Å². The third-order valence-electron chi connectivity index (χ3n) is 3.40. The Morgan fingerprint density at radius 2 is 1.95 bits per heavy atom. The van der Waals surface area contributed by atoms with Crippen molar-refractivity contribution >= 4 is 11.6 Å². The molecule has 0 saturated heterocycles. The van der Waals surface area contributed by atoms with E-state index in [9.17, 15) is 0 Å². The molecule has 1 aromatic heterocycles. The molecule has 0 aliphatic rings. The monoisotopic (exact) mass is 284 g/mol. The van der Waals surface area contributed by atoms with Gasteiger partial charge >= 0.3 is 0 Å². The summed E-state index contributed by atoms with van der Waals surface area (Å²) in [5.41, 5.74) is 0.837. The predicted octanol–water partition coefficient (Wildman–Crippen LogP) is 4.60. The van der Waals surface area contributed by atoms with Gasteiger partial charge in [0.2, 0.25) is 5.88 Å². The van der Waals surface area contributed by atoms with Crippen molar-refractivity contribution < 1.29 is 4.74 Å². The summed E-state index contributed by atoms with van der Waals surface area (Å²) in [6.45, 7) is 9.06. The third-order valence-corrected chi connectivity index (χ3v) is 3.77. The van der Waals surface area contributed by atoms with E-state index in [1.807, 2.05) is 13.8 Å². The number of rotatable bonds is 8. The molecule has 1 rings (SSSR count). The van der Waals surface area contributed by atoms with Crippen molar-refractivity contribution in [3.05, 3.63) is 16.5 Å². The van der Waals surface area contributed by atoms with Gasteiger partial charge < -0.3 is 4.74 Å². The molecule has 19 heavy (non-hydrogen) atoms. The Kier molecular flexibility index (Phi) is 7.14. The molecule has 1 heterocycles. The van der Waals surface area contributed by atoms with Crippen LogP contribution in [0.15, 0.2) is 0 Å². The summed E-state index contributed by atoms with van der Waals surface area (Å²) in [5, 5.41) is 0.503. The van der Waals surface area contributed by atoms with E-state index in [1.165, 1.54) is 19.3 Å². The van der Waals surface area contributed by atoms with Crippen LogP contribution >= 0.6 is 11.6 Å². The van der Waals surface area contributed by atoms with E-state index >= 15 is 0 Å². The zero-order valence-electron chi connectivity index (χ0n) is 12.5. The predicted molar refractivity (Wildman–Crippen MR) is 80.0 cm³/mol. The van der Waals surface area contributed by atoms with E-state index in [0.717, 1.165) is 24.2 Å².